The van der Waals surface area contributed by atoms with Gasteiger partial charge in [-0.1, -0.05) is 6.07 Å². The Hall–Kier alpha value is -2.14. The molecule has 1 heterocycles. The summed E-state index contributed by atoms with van der Waals surface area (Å²) in [6, 6.07) is 8.05. The summed E-state index contributed by atoms with van der Waals surface area (Å²) in [6.45, 7) is 1.88. The predicted octanol–water partition coefficient (Wildman–Crippen LogP) is 2.74. The van der Waals surface area contributed by atoms with Crippen molar-refractivity contribution in [2.75, 3.05) is 5.43 Å². The highest BCUT2D eigenvalue weighted by Crippen LogP contribution is 2.28. The maximum absolute atomic E-state index is 5.82. The molecule has 3 N–H and O–H groups in total. The zero-order chi connectivity index (χ0) is 13.9. The fourth-order valence-electron chi connectivity index (χ4n) is 2.55. The number of anilines is 1. The Morgan fingerprint density at radius 1 is 1.10 bits per heavy atom. The number of nitrogens with two attached hydrogens (primary N) is 1. The first-order valence-corrected chi connectivity index (χ1v) is 6.86. The van der Waals surface area contributed by atoms with E-state index in [0.29, 0.717) is 11.8 Å². The molecule has 5 nitrogen and oxygen atoms in total. The Bertz CT molecular complexity index is 627. The third-order valence-electron chi connectivity index (χ3n) is 3.50. The maximum Gasteiger partial charge on any atom is 0.240 e. The molecule has 1 aromatic heterocycles. The van der Waals surface area contributed by atoms with Crippen molar-refractivity contribution < 1.29 is 4.74 Å². The van der Waals surface area contributed by atoms with E-state index in [1.54, 1.807) is 6.07 Å². The lowest BCUT2D eigenvalue weighted by Crippen LogP contribution is -2.11. The highest BCUT2D eigenvalue weighted by molar-refractivity contribution is 5.39. The van der Waals surface area contributed by atoms with Crippen molar-refractivity contribution in [3.63, 3.8) is 0 Å². The largest absolute Gasteiger partial charge is 0.439 e. The van der Waals surface area contributed by atoms with Crippen LogP contribution < -0.4 is 16.0 Å². The van der Waals surface area contributed by atoms with E-state index >= 15 is 0 Å². The summed E-state index contributed by atoms with van der Waals surface area (Å²) >= 11 is 0. The molecule has 0 aliphatic heterocycles. The number of nitrogens with zero attached hydrogens (tertiary/aromatic N) is 2. The second-order valence-electron chi connectivity index (χ2n) is 5.06. The Balaban J connectivity index is 1.85. The van der Waals surface area contributed by atoms with Gasteiger partial charge in [0.2, 0.25) is 11.8 Å². The summed E-state index contributed by atoms with van der Waals surface area (Å²) in [7, 11) is 0. The Labute approximate surface area is 118 Å². The Morgan fingerprint density at radius 3 is 2.70 bits per heavy atom. The van der Waals surface area contributed by atoms with Crippen LogP contribution in [0.1, 0.15) is 29.7 Å². The normalized spacial score (nSPS) is 13.7. The van der Waals surface area contributed by atoms with Gasteiger partial charge in [-0.2, -0.15) is 4.98 Å². The quantitative estimate of drug-likeness (QED) is 0.662. The van der Waals surface area contributed by atoms with Crippen molar-refractivity contribution in [3.05, 3.63) is 41.1 Å². The van der Waals surface area contributed by atoms with E-state index in [4.69, 9.17) is 10.6 Å². The minimum Gasteiger partial charge on any atom is -0.439 e. The molecule has 1 aliphatic rings. The van der Waals surface area contributed by atoms with Crippen molar-refractivity contribution in [2.45, 2.75) is 32.6 Å². The minimum absolute atomic E-state index is 0.359. The fraction of sp³-hybridized carbons (Fsp3) is 0.333. The second kappa shape index (κ2) is 5.46. The average molecular weight is 270 g/mol. The van der Waals surface area contributed by atoms with E-state index in [1.165, 1.54) is 30.4 Å². The predicted molar refractivity (Wildman–Crippen MR) is 77.7 cm³/mol. The molecule has 20 heavy (non-hydrogen) atoms. The molecule has 2 aromatic rings. The lowest BCUT2D eigenvalue weighted by Gasteiger charge is -2.16. The fourth-order valence-corrected chi connectivity index (χ4v) is 2.55. The summed E-state index contributed by atoms with van der Waals surface area (Å²) < 4.78 is 5.82. The van der Waals surface area contributed by atoms with E-state index < -0.39 is 0 Å². The van der Waals surface area contributed by atoms with E-state index in [2.05, 4.69) is 27.5 Å². The van der Waals surface area contributed by atoms with Gasteiger partial charge in [-0.25, -0.2) is 10.8 Å². The van der Waals surface area contributed by atoms with Crippen molar-refractivity contribution >= 4 is 5.95 Å². The monoisotopic (exact) mass is 270 g/mol. The standard InChI is InChI=1S/C15H18N4O/c1-10-8-14(18-15(17-10)19-16)20-13-7-6-11-4-2-3-5-12(11)9-13/h6-9H,2-5,16H2,1H3,(H,17,18,19). The van der Waals surface area contributed by atoms with Crippen molar-refractivity contribution in [1.29, 1.82) is 0 Å². The number of nitrogen functional groups attached to an aromatic ring is 1. The van der Waals surface area contributed by atoms with Crippen LogP contribution in [-0.2, 0) is 12.8 Å². The Morgan fingerprint density at radius 2 is 1.90 bits per heavy atom. The molecule has 0 saturated heterocycles. The molecule has 0 bridgehead atoms. The third kappa shape index (κ3) is 2.72. The highest BCUT2D eigenvalue weighted by Gasteiger charge is 2.11. The van der Waals surface area contributed by atoms with Gasteiger partial charge in [0.05, 0.1) is 0 Å². The molecule has 104 valence electrons. The number of benzene rings is 1. The number of nitrogens with one attached hydrogen (secondary N) is 1. The zero-order valence-corrected chi connectivity index (χ0v) is 11.5. The topological polar surface area (TPSA) is 73.1 Å². The van der Waals surface area contributed by atoms with Gasteiger partial charge in [-0.05, 0) is 55.9 Å². The number of hydrazine groups is 1. The second-order valence-corrected chi connectivity index (χ2v) is 5.06. The molecule has 3 rings (SSSR count). The van der Waals surface area contributed by atoms with Gasteiger partial charge in [-0.15, -0.1) is 0 Å². The van der Waals surface area contributed by atoms with Gasteiger partial charge in [0.25, 0.3) is 0 Å². The highest BCUT2D eigenvalue weighted by atomic mass is 16.5. The van der Waals surface area contributed by atoms with Gasteiger partial charge in [0, 0.05) is 11.8 Å². The molecular weight excluding hydrogens is 252 g/mol. The first-order chi connectivity index (χ1) is 9.74. The number of aryl methyl sites for hydroxylation is 3. The number of rotatable bonds is 3. The van der Waals surface area contributed by atoms with Crippen LogP contribution in [0.15, 0.2) is 24.3 Å². The lowest BCUT2D eigenvalue weighted by atomic mass is 9.92. The number of hydrogen-bond donors (Lipinski definition) is 2. The van der Waals surface area contributed by atoms with Crippen LogP contribution >= 0.6 is 0 Å². The summed E-state index contributed by atoms with van der Waals surface area (Å²) in [5, 5.41) is 0. The van der Waals surface area contributed by atoms with Crippen molar-refractivity contribution in [1.82, 2.24) is 9.97 Å². The summed E-state index contributed by atoms with van der Waals surface area (Å²) in [5.41, 5.74) is 6.07. The van der Waals surface area contributed by atoms with Crippen LogP contribution in [0.25, 0.3) is 0 Å². The Kier molecular flexibility index (Phi) is 3.52. The van der Waals surface area contributed by atoms with Crippen molar-refractivity contribution in [3.8, 4) is 11.6 Å². The van der Waals surface area contributed by atoms with Crippen LogP contribution in [0, 0.1) is 6.92 Å². The summed E-state index contributed by atoms with van der Waals surface area (Å²) in [6.07, 6.45) is 4.84. The molecule has 5 heteroatoms. The molecule has 0 saturated carbocycles. The minimum atomic E-state index is 0.359. The molecule has 0 spiro atoms. The van der Waals surface area contributed by atoms with Gasteiger partial charge in [0.1, 0.15) is 5.75 Å². The van der Waals surface area contributed by atoms with Crippen LogP contribution in [-0.4, -0.2) is 9.97 Å². The molecular formula is C15H18N4O. The van der Waals surface area contributed by atoms with Gasteiger partial charge >= 0.3 is 0 Å². The van der Waals surface area contributed by atoms with Gasteiger partial charge in [-0.3, -0.25) is 5.43 Å². The first-order valence-electron chi connectivity index (χ1n) is 6.86. The molecule has 0 atom stereocenters. The van der Waals surface area contributed by atoms with Crippen LogP contribution in [0.5, 0.6) is 11.6 Å². The SMILES string of the molecule is Cc1cc(Oc2ccc3c(c2)CCCC3)nc(NN)n1. The molecule has 0 radical (unpaired) electrons. The van der Waals surface area contributed by atoms with E-state index in [0.717, 1.165) is 17.9 Å². The maximum atomic E-state index is 5.82. The summed E-state index contributed by atoms with van der Waals surface area (Å²) in [5.74, 6) is 7.01. The van der Waals surface area contributed by atoms with Crippen molar-refractivity contribution in [2.24, 2.45) is 5.84 Å². The summed E-state index contributed by atoms with van der Waals surface area (Å²) in [4.78, 5) is 8.33. The number of fused-ring (bicyclic) bond motifs is 1. The van der Waals surface area contributed by atoms with E-state index in [9.17, 15) is 0 Å². The third-order valence-corrected chi connectivity index (χ3v) is 3.50. The van der Waals surface area contributed by atoms with Gasteiger partial charge < -0.3 is 4.74 Å². The smallest absolute Gasteiger partial charge is 0.240 e. The van der Waals surface area contributed by atoms with Crippen LogP contribution in [0.4, 0.5) is 5.95 Å². The first kappa shape index (κ1) is 12.9. The molecule has 1 aromatic carbocycles. The number of hydrogen-bond acceptors (Lipinski definition) is 5. The van der Waals surface area contributed by atoms with Gasteiger partial charge in [0.15, 0.2) is 0 Å². The lowest BCUT2D eigenvalue weighted by molar-refractivity contribution is 0.460. The average Bonchev–Trinajstić information content (AvgIpc) is 2.46. The number of aromatic nitrogens is 2. The number of ether oxygens (including phenoxy) is 1. The van der Waals surface area contributed by atoms with E-state index in [-0.39, 0.29) is 0 Å². The molecule has 0 fully saturated rings. The molecule has 0 unspecified atom stereocenters. The molecule has 0 amide bonds. The van der Waals surface area contributed by atoms with Crippen LogP contribution in [0.3, 0.4) is 0 Å². The van der Waals surface area contributed by atoms with E-state index in [1.807, 2.05) is 13.0 Å². The van der Waals surface area contributed by atoms with Crippen LogP contribution in [0.2, 0.25) is 0 Å². The molecule has 1 aliphatic carbocycles. The zero-order valence-electron chi connectivity index (χ0n) is 11.5.